The van der Waals surface area contributed by atoms with Crippen molar-refractivity contribution in [2.45, 2.75) is 11.8 Å². The van der Waals surface area contributed by atoms with E-state index in [-0.39, 0.29) is 17.4 Å². The number of aryl methyl sites for hydroxylation is 1. The van der Waals surface area contributed by atoms with Crippen LogP contribution in [0.3, 0.4) is 0 Å². The van der Waals surface area contributed by atoms with E-state index in [0.717, 1.165) is 16.1 Å². The Bertz CT molecular complexity index is 1470. The van der Waals surface area contributed by atoms with Crippen molar-refractivity contribution in [3.8, 4) is 0 Å². The van der Waals surface area contributed by atoms with Crippen LogP contribution in [0.5, 0.6) is 0 Å². The molecule has 0 saturated carbocycles. The maximum absolute atomic E-state index is 13.4. The molecule has 4 aromatic rings. The van der Waals surface area contributed by atoms with Crippen molar-refractivity contribution in [1.29, 1.82) is 0 Å². The number of anilines is 2. The molecule has 8 heteroatoms. The summed E-state index contributed by atoms with van der Waals surface area (Å²) in [7, 11) is 0. The molecule has 3 N–H and O–H groups in total. The molecule has 0 radical (unpaired) electrons. The third-order valence-electron chi connectivity index (χ3n) is 5.53. The van der Waals surface area contributed by atoms with Gasteiger partial charge in [0.1, 0.15) is 11.5 Å². The fraction of sp³-hybridized carbons (Fsp3) is 0.0645. The van der Waals surface area contributed by atoms with E-state index in [2.05, 4.69) is 16.0 Å². The summed E-state index contributed by atoms with van der Waals surface area (Å²) in [6.45, 7) is 1.98. The Morgan fingerprint density at radius 2 is 1.38 bits per heavy atom. The van der Waals surface area contributed by atoms with Gasteiger partial charge in [-0.15, -0.1) is 11.8 Å². The monoisotopic (exact) mass is 539 g/mol. The quantitative estimate of drug-likeness (QED) is 0.173. The Kier molecular flexibility index (Phi) is 9.26. The zero-order chi connectivity index (χ0) is 27.6. The number of amides is 3. The lowest BCUT2D eigenvalue weighted by Crippen LogP contribution is -2.30. The lowest BCUT2D eigenvalue weighted by molar-refractivity contribution is -0.114. The van der Waals surface area contributed by atoms with E-state index < -0.39 is 17.6 Å². The first-order chi connectivity index (χ1) is 18.9. The first-order valence-corrected chi connectivity index (χ1v) is 13.1. The number of carbonyl (C=O) groups is 3. The molecule has 0 bridgehead atoms. The Hall–Kier alpha value is -4.69. The van der Waals surface area contributed by atoms with E-state index >= 15 is 0 Å². The minimum Gasteiger partial charge on any atom is -0.325 e. The van der Waals surface area contributed by atoms with E-state index in [1.54, 1.807) is 54.6 Å². The van der Waals surface area contributed by atoms with Crippen LogP contribution in [0.2, 0.25) is 0 Å². The number of benzene rings is 4. The summed E-state index contributed by atoms with van der Waals surface area (Å²) in [6.07, 6.45) is 1.48. The van der Waals surface area contributed by atoms with Gasteiger partial charge >= 0.3 is 0 Å². The van der Waals surface area contributed by atoms with Crippen LogP contribution in [0, 0.1) is 12.7 Å². The number of thioether (sulfide) groups is 1. The van der Waals surface area contributed by atoms with E-state index in [4.69, 9.17) is 0 Å². The minimum absolute atomic E-state index is 0.00156. The molecule has 6 nitrogen and oxygen atoms in total. The molecule has 0 atom stereocenters. The molecule has 0 spiro atoms. The average Bonchev–Trinajstić information content (AvgIpc) is 2.95. The lowest BCUT2D eigenvalue weighted by Gasteiger charge is -2.12. The number of nitrogens with one attached hydrogen (secondary N) is 3. The van der Waals surface area contributed by atoms with Crippen LogP contribution < -0.4 is 16.0 Å². The van der Waals surface area contributed by atoms with Gasteiger partial charge in [-0.05, 0) is 79.2 Å². The molecule has 4 rings (SSSR count). The Morgan fingerprint density at radius 3 is 2.05 bits per heavy atom. The highest BCUT2D eigenvalue weighted by atomic mass is 32.2. The maximum atomic E-state index is 13.4. The van der Waals surface area contributed by atoms with Gasteiger partial charge in [-0.2, -0.15) is 0 Å². The summed E-state index contributed by atoms with van der Waals surface area (Å²) >= 11 is 1.37. The molecule has 196 valence electrons. The van der Waals surface area contributed by atoms with Gasteiger partial charge in [0, 0.05) is 21.8 Å². The van der Waals surface area contributed by atoms with E-state index in [1.165, 1.54) is 42.1 Å². The molecule has 4 aromatic carbocycles. The zero-order valence-corrected chi connectivity index (χ0v) is 21.9. The first-order valence-electron chi connectivity index (χ1n) is 12.1. The van der Waals surface area contributed by atoms with E-state index in [9.17, 15) is 18.8 Å². The second kappa shape index (κ2) is 13.2. The lowest BCUT2D eigenvalue weighted by atomic mass is 10.1. The van der Waals surface area contributed by atoms with Gasteiger partial charge in [0.2, 0.25) is 5.91 Å². The van der Waals surface area contributed by atoms with Crippen molar-refractivity contribution >= 4 is 46.9 Å². The van der Waals surface area contributed by atoms with Gasteiger partial charge in [0.25, 0.3) is 11.8 Å². The highest BCUT2D eigenvalue weighted by Crippen LogP contribution is 2.21. The Morgan fingerprint density at radius 1 is 0.769 bits per heavy atom. The first kappa shape index (κ1) is 27.3. The minimum atomic E-state index is -0.540. The van der Waals surface area contributed by atoms with Crippen molar-refractivity contribution in [1.82, 2.24) is 5.32 Å². The van der Waals surface area contributed by atoms with E-state index in [1.807, 2.05) is 31.2 Å². The molecule has 0 aromatic heterocycles. The molecule has 39 heavy (non-hydrogen) atoms. The molecular weight excluding hydrogens is 513 g/mol. The van der Waals surface area contributed by atoms with Gasteiger partial charge in [-0.1, -0.05) is 48.0 Å². The van der Waals surface area contributed by atoms with Crippen LogP contribution in [0.1, 0.15) is 21.5 Å². The van der Waals surface area contributed by atoms with Crippen molar-refractivity contribution < 1.29 is 18.8 Å². The van der Waals surface area contributed by atoms with E-state index in [0.29, 0.717) is 16.8 Å². The highest BCUT2D eigenvalue weighted by molar-refractivity contribution is 8.00. The van der Waals surface area contributed by atoms with Crippen molar-refractivity contribution in [2.75, 3.05) is 16.4 Å². The van der Waals surface area contributed by atoms with Gasteiger partial charge < -0.3 is 16.0 Å². The van der Waals surface area contributed by atoms with Crippen LogP contribution in [0.15, 0.2) is 114 Å². The second-order valence-corrected chi connectivity index (χ2v) is 9.66. The van der Waals surface area contributed by atoms with Crippen molar-refractivity contribution in [2.24, 2.45) is 0 Å². The van der Waals surface area contributed by atoms with Crippen molar-refractivity contribution in [3.63, 3.8) is 0 Å². The third kappa shape index (κ3) is 8.41. The number of hydrogen-bond donors (Lipinski definition) is 3. The molecular formula is C31H26FN3O3S. The highest BCUT2D eigenvalue weighted by Gasteiger charge is 2.15. The number of halogens is 1. The van der Waals surface area contributed by atoms with Gasteiger partial charge in [0.15, 0.2) is 0 Å². The molecule has 0 unspecified atom stereocenters. The summed E-state index contributed by atoms with van der Waals surface area (Å²) < 4.78 is 13.4. The summed E-state index contributed by atoms with van der Waals surface area (Å²) in [5.74, 6) is -1.28. The van der Waals surface area contributed by atoms with Crippen molar-refractivity contribution in [3.05, 3.63) is 131 Å². The molecule has 0 aliphatic heterocycles. The van der Waals surface area contributed by atoms with Gasteiger partial charge in [-0.3, -0.25) is 14.4 Å². The predicted molar refractivity (Wildman–Crippen MR) is 154 cm³/mol. The van der Waals surface area contributed by atoms with Crippen LogP contribution in [0.4, 0.5) is 15.8 Å². The zero-order valence-electron chi connectivity index (χ0n) is 21.1. The largest absolute Gasteiger partial charge is 0.325 e. The summed E-state index contributed by atoms with van der Waals surface area (Å²) in [4.78, 5) is 39.0. The Balaban J connectivity index is 1.39. The van der Waals surface area contributed by atoms with Crippen LogP contribution in [0.25, 0.3) is 6.08 Å². The molecule has 0 fully saturated rings. The second-order valence-electron chi connectivity index (χ2n) is 8.61. The fourth-order valence-electron chi connectivity index (χ4n) is 3.48. The van der Waals surface area contributed by atoms with Crippen LogP contribution in [-0.4, -0.2) is 23.5 Å². The summed E-state index contributed by atoms with van der Waals surface area (Å²) in [5, 5.41) is 8.29. The number of hydrogen-bond acceptors (Lipinski definition) is 4. The van der Waals surface area contributed by atoms with Crippen LogP contribution in [-0.2, 0) is 9.59 Å². The molecule has 0 saturated heterocycles. The topological polar surface area (TPSA) is 87.3 Å². The SMILES string of the molecule is Cc1ccc(NC(=O)CSc2ccc(NC(=O)/C(=C/c3ccc(F)cc3)NC(=O)c3ccccc3)cc2)cc1. The molecule has 0 aliphatic carbocycles. The smallest absolute Gasteiger partial charge is 0.272 e. The summed E-state index contributed by atoms with van der Waals surface area (Å²) in [5.41, 5.74) is 3.31. The standard InChI is InChI=1S/C31H26FN3O3S/c1-21-7-13-25(14-8-21)33-29(36)20-39-27-17-15-26(16-18-27)34-31(38)28(19-22-9-11-24(32)12-10-22)35-30(37)23-5-3-2-4-6-23/h2-19H,20H2,1H3,(H,33,36)(H,34,38)(H,35,37)/b28-19-. The molecule has 3 amide bonds. The fourth-order valence-corrected chi connectivity index (χ4v) is 4.18. The van der Waals surface area contributed by atoms with Crippen LogP contribution >= 0.6 is 11.8 Å². The van der Waals surface area contributed by atoms with Gasteiger partial charge in [-0.25, -0.2) is 4.39 Å². The molecule has 0 heterocycles. The average molecular weight is 540 g/mol. The normalized spacial score (nSPS) is 11.0. The third-order valence-corrected chi connectivity index (χ3v) is 6.54. The number of rotatable bonds is 9. The predicted octanol–water partition coefficient (Wildman–Crippen LogP) is 6.27. The number of carbonyl (C=O) groups excluding carboxylic acids is 3. The molecule has 0 aliphatic rings. The summed E-state index contributed by atoms with van der Waals surface area (Å²) in [6, 6.07) is 28.7. The maximum Gasteiger partial charge on any atom is 0.272 e. The Labute approximate surface area is 230 Å². The van der Waals surface area contributed by atoms with Gasteiger partial charge in [0.05, 0.1) is 5.75 Å².